The molecule has 0 saturated heterocycles. The van der Waals surface area contributed by atoms with Gasteiger partial charge in [-0.2, -0.15) is 0 Å². The van der Waals surface area contributed by atoms with Gasteiger partial charge < -0.3 is 9.47 Å². The lowest BCUT2D eigenvalue weighted by molar-refractivity contribution is -0.142. The van der Waals surface area contributed by atoms with E-state index in [4.69, 9.17) is 9.47 Å². The van der Waals surface area contributed by atoms with Crippen LogP contribution in [0.25, 0.3) is 0 Å². The Morgan fingerprint density at radius 3 is 2.67 bits per heavy atom. The van der Waals surface area contributed by atoms with Crippen LogP contribution in [0.2, 0.25) is 0 Å². The summed E-state index contributed by atoms with van der Waals surface area (Å²) in [6.07, 6.45) is -2.80. The fraction of sp³-hybridized carbons (Fsp3) is 0.500. The molecule has 1 rings (SSSR count). The Balaban J connectivity index is 3.05. The first-order chi connectivity index (χ1) is 8.49. The molecule has 1 heterocycles. The van der Waals surface area contributed by atoms with Crippen LogP contribution in [0.15, 0.2) is 6.07 Å². The van der Waals surface area contributed by atoms with E-state index in [9.17, 15) is 13.6 Å². The number of aromatic nitrogens is 1. The van der Waals surface area contributed by atoms with Gasteiger partial charge in [0, 0.05) is 0 Å². The summed E-state index contributed by atoms with van der Waals surface area (Å²) in [6.45, 7) is 3.48. The Hall–Kier alpha value is -1.72. The van der Waals surface area contributed by atoms with Crippen molar-refractivity contribution in [1.29, 1.82) is 0 Å². The molecule has 0 radical (unpaired) electrons. The first-order valence-electron chi connectivity index (χ1n) is 5.47. The van der Waals surface area contributed by atoms with E-state index in [1.54, 1.807) is 13.8 Å². The lowest BCUT2D eigenvalue weighted by atomic mass is 10.1. The molecule has 0 N–H and O–H groups in total. The molecule has 0 aromatic carbocycles. The normalized spacial score (nSPS) is 10.6. The number of hydrogen-bond acceptors (Lipinski definition) is 4. The smallest absolute Gasteiger partial charge is 0.311 e. The summed E-state index contributed by atoms with van der Waals surface area (Å²) < 4.78 is 35.3. The summed E-state index contributed by atoms with van der Waals surface area (Å²) in [7, 11) is 1.31. The third-order valence-corrected chi connectivity index (χ3v) is 2.29. The van der Waals surface area contributed by atoms with Gasteiger partial charge in [0.1, 0.15) is 5.75 Å². The van der Waals surface area contributed by atoms with Crippen LogP contribution < -0.4 is 4.74 Å². The lowest BCUT2D eigenvalue weighted by Crippen LogP contribution is -2.10. The van der Waals surface area contributed by atoms with E-state index >= 15 is 0 Å². The highest BCUT2D eigenvalue weighted by molar-refractivity contribution is 5.72. The van der Waals surface area contributed by atoms with Crippen molar-refractivity contribution >= 4 is 5.97 Å². The molecule has 0 aliphatic rings. The minimum Gasteiger partial charge on any atom is -0.494 e. The maximum Gasteiger partial charge on any atom is 0.311 e. The van der Waals surface area contributed by atoms with E-state index in [0.717, 1.165) is 0 Å². The zero-order valence-electron chi connectivity index (χ0n) is 10.5. The van der Waals surface area contributed by atoms with Crippen LogP contribution in [-0.2, 0) is 16.0 Å². The Morgan fingerprint density at radius 2 is 2.17 bits per heavy atom. The van der Waals surface area contributed by atoms with Crippen LogP contribution >= 0.6 is 0 Å². The highest BCUT2D eigenvalue weighted by atomic mass is 19.3. The third kappa shape index (κ3) is 3.38. The summed E-state index contributed by atoms with van der Waals surface area (Å²) in [5.41, 5.74) is 0.320. The Morgan fingerprint density at radius 1 is 1.50 bits per heavy atom. The number of ether oxygens (including phenoxy) is 2. The zero-order valence-corrected chi connectivity index (χ0v) is 10.5. The minimum absolute atomic E-state index is 0.0533. The summed E-state index contributed by atoms with van der Waals surface area (Å²) in [5.74, 6) is -0.438. The van der Waals surface area contributed by atoms with Crippen molar-refractivity contribution in [2.75, 3.05) is 13.7 Å². The summed E-state index contributed by atoms with van der Waals surface area (Å²) in [5, 5.41) is 0. The molecule has 0 bridgehead atoms. The molecule has 0 fully saturated rings. The number of methoxy groups -OCH3 is 1. The second kappa shape index (κ2) is 6.28. The molecule has 18 heavy (non-hydrogen) atoms. The number of halogens is 2. The van der Waals surface area contributed by atoms with Gasteiger partial charge in [-0.3, -0.25) is 9.78 Å². The number of pyridine rings is 1. The topological polar surface area (TPSA) is 48.4 Å². The fourth-order valence-corrected chi connectivity index (χ4v) is 1.63. The molecular weight excluding hydrogens is 244 g/mol. The van der Waals surface area contributed by atoms with E-state index in [1.165, 1.54) is 13.2 Å². The number of hydrogen-bond donors (Lipinski definition) is 0. The third-order valence-electron chi connectivity index (χ3n) is 2.29. The number of carbonyl (C=O) groups is 1. The highest BCUT2D eigenvalue weighted by Crippen LogP contribution is 2.31. The van der Waals surface area contributed by atoms with Crippen molar-refractivity contribution in [1.82, 2.24) is 4.98 Å². The summed E-state index contributed by atoms with van der Waals surface area (Å²) in [6, 6.07) is 1.17. The largest absolute Gasteiger partial charge is 0.494 e. The number of aryl methyl sites for hydroxylation is 1. The van der Waals surface area contributed by atoms with E-state index in [-0.39, 0.29) is 30.0 Å². The molecular formula is C12H15F2NO3. The predicted molar refractivity (Wildman–Crippen MR) is 60.8 cm³/mol. The molecule has 1 aromatic heterocycles. The van der Waals surface area contributed by atoms with Crippen molar-refractivity contribution in [2.24, 2.45) is 0 Å². The van der Waals surface area contributed by atoms with E-state index in [0.29, 0.717) is 5.69 Å². The van der Waals surface area contributed by atoms with E-state index in [1.807, 2.05) is 0 Å². The quantitative estimate of drug-likeness (QED) is 0.762. The number of carbonyl (C=O) groups excluding carboxylic acids is 1. The molecule has 0 aliphatic heterocycles. The van der Waals surface area contributed by atoms with Gasteiger partial charge in [-0.25, -0.2) is 8.78 Å². The Labute approximate surface area is 104 Å². The van der Waals surface area contributed by atoms with Gasteiger partial charge in [-0.05, 0) is 19.9 Å². The molecule has 0 atom stereocenters. The van der Waals surface area contributed by atoms with Crippen molar-refractivity contribution in [3.8, 4) is 5.75 Å². The zero-order chi connectivity index (χ0) is 13.7. The maximum absolute atomic E-state index is 12.8. The SMILES string of the molecule is CCOC(=O)Cc1cc(C(F)F)c(OC)c(C)n1. The van der Waals surface area contributed by atoms with Crippen LogP contribution in [0.4, 0.5) is 8.78 Å². The number of alkyl halides is 2. The van der Waals surface area contributed by atoms with Crippen LogP contribution in [0, 0.1) is 6.92 Å². The molecule has 0 unspecified atom stereocenters. The highest BCUT2D eigenvalue weighted by Gasteiger charge is 2.19. The van der Waals surface area contributed by atoms with Crippen LogP contribution in [-0.4, -0.2) is 24.7 Å². The molecule has 6 heteroatoms. The van der Waals surface area contributed by atoms with Crippen molar-refractivity contribution in [2.45, 2.75) is 26.7 Å². The standard InChI is InChI=1S/C12H15F2NO3/c1-4-18-10(16)6-8-5-9(12(13)14)11(17-3)7(2)15-8/h5,12H,4,6H2,1-3H3. The molecule has 0 spiro atoms. The van der Waals surface area contributed by atoms with Gasteiger partial charge >= 0.3 is 5.97 Å². The van der Waals surface area contributed by atoms with Gasteiger partial charge in [0.25, 0.3) is 6.43 Å². The van der Waals surface area contributed by atoms with E-state index < -0.39 is 12.4 Å². The van der Waals surface area contributed by atoms with Gasteiger partial charge in [0.05, 0.1) is 37.1 Å². The van der Waals surface area contributed by atoms with Crippen LogP contribution in [0.3, 0.4) is 0 Å². The minimum atomic E-state index is -2.68. The Bertz CT molecular complexity index is 436. The maximum atomic E-state index is 12.8. The fourth-order valence-electron chi connectivity index (χ4n) is 1.63. The lowest BCUT2D eigenvalue weighted by Gasteiger charge is -2.12. The summed E-state index contributed by atoms with van der Waals surface area (Å²) >= 11 is 0. The Kier molecular flexibility index (Phi) is 5.00. The van der Waals surface area contributed by atoms with Gasteiger partial charge in [0.15, 0.2) is 0 Å². The molecule has 0 saturated carbocycles. The van der Waals surface area contributed by atoms with E-state index in [2.05, 4.69) is 4.98 Å². The second-order valence-electron chi connectivity index (χ2n) is 3.60. The second-order valence-corrected chi connectivity index (χ2v) is 3.60. The molecule has 4 nitrogen and oxygen atoms in total. The van der Waals surface area contributed by atoms with Crippen molar-refractivity contribution in [3.05, 3.63) is 23.0 Å². The molecule has 1 aromatic rings. The number of nitrogens with zero attached hydrogens (tertiary/aromatic N) is 1. The van der Waals surface area contributed by atoms with Crippen molar-refractivity contribution in [3.63, 3.8) is 0 Å². The summed E-state index contributed by atoms with van der Waals surface area (Å²) in [4.78, 5) is 15.3. The molecule has 0 amide bonds. The molecule has 100 valence electrons. The van der Waals surface area contributed by atoms with Crippen molar-refractivity contribution < 1.29 is 23.0 Å². The number of rotatable bonds is 5. The van der Waals surface area contributed by atoms with Gasteiger partial charge in [0.2, 0.25) is 0 Å². The average Bonchev–Trinajstić information content (AvgIpc) is 2.28. The van der Waals surface area contributed by atoms with Crippen LogP contribution in [0.1, 0.15) is 30.3 Å². The van der Waals surface area contributed by atoms with Crippen LogP contribution in [0.5, 0.6) is 5.75 Å². The van der Waals surface area contributed by atoms with Gasteiger partial charge in [-0.15, -0.1) is 0 Å². The van der Waals surface area contributed by atoms with Gasteiger partial charge in [-0.1, -0.05) is 0 Å². The average molecular weight is 259 g/mol. The monoisotopic (exact) mass is 259 g/mol. The molecule has 0 aliphatic carbocycles. The predicted octanol–water partition coefficient (Wildman–Crippen LogP) is 2.44. The first-order valence-corrected chi connectivity index (χ1v) is 5.47. The first kappa shape index (κ1) is 14.3. The number of esters is 1.